The Balaban J connectivity index is 0.000000250. The predicted octanol–water partition coefficient (Wildman–Crippen LogP) is 11.9. The van der Waals surface area contributed by atoms with Gasteiger partial charge in [0.1, 0.15) is 0 Å². The average molecular weight is 759 g/mol. The van der Waals surface area contributed by atoms with E-state index in [1.54, 1.807) is 0 Å². The summed E-state index contributed by atoms with van der Waals surface area (Å²) in [6, 6.07) is 0. The van der Waals surface area contributed by atoms with Gasteiger partial charge in [0.2, 0.25) is 0 Å². The van der Waals surface area contributed by atoms with Crippen molar-refractivity contribution < 1.29 is 18.4 Å². The van der Waals surface area contributed by atoms with Crippen molar-refractivity contribution >= 4 is 74.6 Å². The molecule has 0 aromatic rings. The third-order valence-corrected chi connectivity index (χ3v) is 23.7. The van der Waals surface area contributed by atoms with Gasteiger partial charge in [0.05, 0.1) is 0 Å². The molecular formula is C36H64Cl4O4Si2. The summed E-state index contributed by atoms with van der Waals surface area (Å²) in [5.41, 5.74) is 0. The fraction of sp³-hybridized carbons (Fsp3) is 0.944. The maximum atomic E-state index is 11.9. The first-order valence-electron chi connectivity index (χ1n) is 18.0. The molecule has 4 nitrogen and oxygen atoms in total. The molecule has 0 radical (unpaired) electrons. The van der Waals surface area contributed by atoms with Crippen LogP contribution in [0.4, 0.5) is 0 Å². The molecule has 0 heterocycles. The Morgan fingerprint density at radius 2 is 0.957 bits per heavy atom. The first kappa shape index (κ1) is 41.3. The number of carbonyl (C=O) groups excluding carboxylic acids is 2. The number of carbonyl (C=O) groups is 2. The zero-order chi connectivity index (χ0) is 35.3. The van der Waals surface area contributed by atoms with Crippen molar-refractivity contribution in [1.29, 1.82) is 0 Å². The lowest BCUT2D eigenvalue weighted by atomic mass is 9.69. The lowest BCUT2D eigenvalue weighted by Gasteiger charge is -2.44. The molecule has 4 fully saturated rings. The van der Waals surface area contributed by atoms with Crippen molar-refractivity contribution in [2.45, 2.75) is 177 Å². The summed E-state index contributed by atoms with van der Waals surface area (Å²) in [7, 11) is -3.46. The highest BCUT2D eigenvalue weighted by Gasteiger charge is 2.66. The van der Waals surface area contributed by atoms with Gasteiger partial charge in [-0.2, -0.15) is 0 Å². The number of alkyl halides is 4. The van der Waals surface area contributed by atoms with Crippen LogP contribution in [0.1, 0.15) is 120 Å². The van der Waals surface area contributed by atoms with Gasteiger partial charge in [-0.25, -0.2) is 0 Å². The number of hydrogen-bond acceptors (Lipinski definition) is 4. The van der Waals surface area contributed by atoms with E-state index in [1.807, 2.05) is 0 Å². The van der Waals surface area contributed by atoms with Crippen molar-refractivity contribution in [2.75, 3.05) is 0 Å². The number of hydrogen-bond donors (Lipinski definition) is 0. The Morgan fingerprint density at radius 3 is 1.22 bits per heavy atom. The lowest BCUT2D eigenvalue weighted by molar-refractivity contribution is -0.135. The zero-order valence-corrected chi connectivity index (χ0v) is 35.9. The van der Waals surface area contributed by atoms with Crippen molar-refractivity contribution in [3.05, 3.63) is 0 Å². The molecule has 46 heavy (non-hydrogen) atoms. The van der Waals surface area contributed by atoms with E-state index < -0.39 is 25.3 Å². The van der Waals surface area contributed by atoms with Crippen molar-refractivity contribution in [3.63, 3.8) is 0 Å². The second-order valence-corrected chi connectivity index (χ2v) is 30.2. The summed E-state index contributed by atoms with van der Waals surface area (Å²) in [5, 5.41) is 0.474. The number of ketones is 2. The van der Waals surface area contributed by atoms with E-state index in [1.165, 1.54) is 0 Å². The van der Waals surface area contributed by atoms with E-state index in [0.29, 0.717) is 24.0 Å². The van der Waals surface area contributed by atoms with Crippen molar-refractivity contribution in [2.24, 2.45) is 35.5 Å². The molecule has 4 rings (SSSR count). The van der Waals surface area contributed by atoms with Crippen LogP contribution in [0.25, 0.3) is 0 Å². The number of fused-ring (bicyclic) bond motifs is 2. The van der Waals surface area contributed by atoms with Crippen LogP contribution in [-0.4, -0.2) is 49.1 Å². The Morgan fingerprint density at radius 1 is 0.652 bits per heavy atom. The summed E-state index contributed by atoms with van der Waals surface area (Å²) < 4.78 is 10.9. The molecule has 0 saturated heterocycles. The van der Waals surface area contributed by atoms with Crippen molar-refractivity contribution in [1.82, 2.24) is 0 Å². The third-order valence-electron chi connectivity index (χ3n) is 12.9. The predicted molar refractivity (Wildman–Crippen MR) is 201 cm³/mol. The summed E-state index contributed by atoms with van der Waals surface area (Å²) >= 11 is 25.0. The van der Waals surface area contributed by atoms with E-state index in [-0.39, 0.29) is 45.3 Å². The van der Waals surface area contributed by atoms with E-state index in [4.69, 9.17) is 55.3 Å². The van der Waals surface area contributed by atoms with E-state index in [9.17, 15) is 9.59 Å². The van der Waals surface area contributed by atoms with Gasteiger partial charge < -0.3 is 8.85 Å². The molecule has 0 amide bonds. The van der Waals surface area contributed by atoms with Crippen LogP contribution in [0.15, 0.2) is 0 Å². The Bertz CT molecular complexity index is 997. The van der Waals surface area contributed by atoms with E-state index in [0.717, 1.165) is 64.2 Å². The lowest BCUT2D eigenvalue weighted by Crippen LogP contribution is -2.55. The van der Waals surface area contributed by atoms with Crippen LogP contribution in [0.2, 0.25) is 36.3 Å². The Hall–Kier alpha value is 0.854. The van der Waals surface area contributed by atoms with Gasteiger partial charge in [0.15, 0.2) is 36.9 Å². The fourth-order valence-corrected chi connectivity index (χ4v) is 12.6. The minimum atomic E-state index is -1.73. The first-order chi connectivity index (χ1) is 20.8. The Kier molecular flexibility index (Phi) is 13.3. The van der Waals surface area contributed by atoms with Gasteiger partial charge in [0, 0.05) is 35.9 Å². The summed E-state index contributed by atoms with van der Waals surface area (Å²) in [6.07, 6.45) is 11.0. The molecule has 0 spiro atoms. The van der Waals surface area contributed by atoms with Gasteiger partial charge in [-0.1, -0.05) is 102 Å². The quantitative estimate of drug-likeness (QED) is 0.147. The molecule has 0 N–H and O–H groups in total. The molecule has 268 valence electrons. The van der Waals surface area contributed by atoms with Crippen LogP contribution in [0.5, 0.6) is 0 Å². The maximum absolute atomic E-state index is 11.9. The molecule has 8 atom stereocenters. The highest BCUT2D eigenvalue weighted by Crippen LogP contribution is 2.61. The first-order valence-corrected chi connectivity index (χ1v) is 25.4. The molecule has 4 aliphatic carbocycles. The molecular weight excluding hydrogens is 694 g/mol. The molecule has 10 heteroatoms. The van der Waals surface area contributed by atoms with Gasteiger partial charge in [-0.05, 0) is 112 Å². The second kappa shape index (κ2) is 14.8. The molecule has 0 bridgehead atoms. The maximum Gasteiger partial charge on any atom is 0.192 e. The van der Waals surface area contributed by atoms with Gasteiger partial charge in [0.25, 0.3) is 0 Å². The fourth-order valence-electron chi connectivity index (χ4n) is 7.81. The summed E-state index contributed by atoms with van der Waals surface area (Å²) in [4.78, 5) is 23.8. The van der Waals surface area contributed by atoms with Crippen LogP contribution < -0.4 is 0 Å². The molecule has 4 aliphatic rings. The Labute approximate surface area is 303 Å². The number of rotatable bonds is 12. The molecule has 4 saturated carbocycles. The largest absolute Gasteiger partial charge is 0.414 e. The standard InChI is InChI=1S/2C18H32Cl2O2Si/c2*1-7-13(22-23(5,6)17(2,3)4)10-8-12-9-11-14-15(12)18(19,20)16(14)21/h2*12-15H,7-11H2,1-6H3. The SMILES string of the molecule is CCC(CCC1CCC2C(=O)C(Cl)(Cl)C12)O[Si](C)(C)C(C)(C)C.CCC(CCC1CCC2C(=O)C(Cl)(Cl)C12)O[Si](C)(C)C(C)(C)C. The van der Waals surface area contributed by atoms with Crippen LogP contribution in [0, 0.1) is 35.5 Å². The second-order valence-electron chi connectivity index (χ2n) is 17.9. The molecule has 0 aliphatic heterocycles. The molecule has 0 aromatic carbocycles. The minimum absolute atomic E-state index is 0.0536. The zero-order valence-electron chi connectivity index (χ0n) is 30.8. The monoisotopic (exact) mass is 756 g/mol. The summed E-state index contributed by atoms with van der Waals surface area (Å²) in [5.74, 6) is 1.64. The smallest absolute Gasteiger partial charge is 0.192 e. The van der Waals surface area contributed by atoms with Crippen molar-refractivity contribution in [3.8, 4) is 0 Å². The van der Waals surface area contributed by atoms with Crippen LogP contribution in [-0.2, 0) is 18.4 Å². The molecule has 8 unspecified atom stereocenters. The highest BCUT2D eigenvalue weighted by molar-refractivity contribution is 6.74. The van der Waals surface area contributed by atoms with Crippen LogP contribution in [0.3, 0.4) is 0 Å². The molecule has 0 aromatic heterocycles. The summed E-state index contributed by atoms with van der Waals surface area (Å²) in [6.45, 7) is 27.3. The topological polar surface area (TPSA) is 52.6 Å². The van der Waals surface area contributed by atoms with Gasteiger partial charge in [-0.15, -0.1) is 0 Å². The normalized spacial score (nSPS) is 31.7. The van der Waals surface area contributed by atoms with E-state index >= 15 is 0 Å². The van der Waals surface area contributed by atoms with E-state index in [2.05, 4.69) is 81.6 Å². The third kappa shape index (κ3) is 8.48. The average Bonchev–Trinajstić information content (AvgIpc) is 3.54. The number of Topliss-reactive ketones (excluding diaryl/α,β-unsaturated/α-hetero) is 2. The number of halogens is 4. The van der Waals surface area contributed by atoms with Gasteiger partial charge in [-0.3, -0.25) is 9.59 Å². The van der Waals surface area contributed by atoms with Crippen LogP contribution >= 0.6 is 46.4 Å². The van der Waals surface area contributed by atoms with Gasteiger partial charge >= 0.3 is 0 Å². The minimum Gasteiger partial charge on any atom is -0.414 e. The highest BCUT2D eigenvalue weighted by atomic mass is 35.5.